The summed E-state index contributed by atoms with van der Waals surface area (Å²) < 4.78 is 50.0. The van der Waals surface area contributed by atoms with E-state index in [9.17, 15) is 12.8 Å². The highest BCUT2D eigenvalue weighted by atomic mass is 32.2. The van der Waals surface area contributed by atoms with E-state index in [1.165, 1.54) is 20.2 Å². The van der Waals surface area contributed by atoms with Crippen molar-refractivity contribution in [3.05, 3.63) is 53.8 Å². The Bertz CT molecular complexity index is 775. The lowest BCUT2D eigenvalue weighted by atomic mass is 10.2. The fourth-order valence-corrected chi connectivity index (χ4v) is 3.41. The molecule has 0 saturated carbocycles. The maximum atomic E-state index is 13.4. The molecular formula is C16H18FNO4S. The maximum Gasteiger partial charge on any atom is 0.246 e. The van der Waals surface area contributed by atoms with Gasteiger partial charge in [0.2, 0.25) is 10.0 Å². The van der Waals surface area contributed by atoms with Crippen molar-refractivity contribution in [2.75, 3.05) is 21.3 Å². The topological polar surface area (TPSA) is 55.8 Å². The first-order valence-corrected chi connectivity index (χ1v) is 8.25. The van der Waals surface area contributed by atoms with Gasteiger partial charge in [-0.2, -0.15) is 4.31 Å². The van der Waals surface area contributed by atoms with E-state index < -0.39 is 15.8 Å². The molecule has 0 saturated heterocycles. The molecule has 0 aliphatic carbocycles. The Morgan fingerprint density at radius 1 is 1.04 bits per heavy atom. The smallest absolute Gasteiger partial charge is 0.246 e. The summed E-state index contributed by atoms with van der Waals surface area (Å²) in [5.74, 6) is 0.154. The predicted octanol–water partition coefficient (Wildman–Crippen LogP) is 2.66. The van der Waals surface area contributed by atoms with E-state index in [1.54, 1.807) is 31.4 Å². The summed E-state index contributed by atoms with van der Waals surface area (Å²) in [6.07, 6.45) is 0. The number of hydrogen-bond donors (Lipinski definition) is 0. The van der Waals surface area contributed by atoms with Gasteiger partial charge in [-0.05, 0) is 35.9 Å². The molecule has 2 aromatic rings. The lowest BCUT2D eigenvalue weighted by molar-refractivity contribution is 0.395. The summed E-state index contributed by atoms with van der Waals surface area (Å²) in [6, 6.07) is 10.4. The highest BCUT2D eigenvalue weighted by Gasteiger charge is 2.25. The molecule has 0 radical (unpaired) electrons. The summed E-state index contributed by atoms with van der Waals surface area (Å²) in [6.45, 7) is 0.145. The van der Waals surface area contributed by atoms with Gasteiger partial charge in [0, 0.05) is 13.6 Å². The number of hydrogen-bond acceptors (Lipinski definition) is 4. The van der Waals surface area contributed by atoms with Crippen molar-refractivity contribution in [2.24, 2.45) is 0 Å². The van der Waals surface area contributed by atoms with Crippen LogP contribution >= 0.6 is 0 Å². The van der Waals surface area contributed by atoms with Crippen LogP contribution in [0.15, 0.2) is 47.4 Å². The molecule has 0 spiro atoms. The Hall–Kier alpha value is -2.12. The molecule has 0 aliphatic heterocycles. The van der Waals surface area contributed by atoms with Crippen LogP contribution in [0, 0.1) is 5.82 Å². The van der Waals surface area contributed by atoms with E-state index in [0.717, 1.165) is 22.0 Å². The van der Waals surface area contributed by atoms with Crippen LogP contribution < -0.4 is 9.47 Å². The molecule has 0 N–H and O–H groups in total. The number of ether oxygens (including phenoxy) is 2. The van der Waals surface area contributed by atoms with Gasteiger partial charge in [-0.25, -0.2) is 12.8 Å². The van der Waals surface area contributed by atoms with Gasteiger partial charge in [-0.1, -0.05) is 12.1 Å². The lowest BCUT2D eigenvalue weighted by Crippen LogP contribution is -2.27. The predicted molar refractivity (Wildman–Crippen MR) is 84.6 cm³/mol. The highest BCUT2D eigenvalue weighted by Crippen LogP contribution is 2.27. The first-order valence-electron chi connectivity index (χ1n) is 6.81. The van der Waals surface area contributed by atoms with Gasteiger partial charge in [-0.15, -0.1) is 0 Å². The quantitative estimate of drug-likeness (QED) is 0.812. The SMILES string of the molecule is COc1ccc(CN(C)S(=O)(=O)c2cc(F)ccc2OC)cc1. The fourth-order valence-electron chi connectivity index (χ4n) is 2.09. The lowest BCUT2D eigenvalue weighted by Gasteiger charge is -2.19. The van der Waals surface area contributed by atoms with Crippen LogP contribution in [0.4, 0.5) is 4.39 Å². The fraction of sp³-hybridized carbons (Fsp3) is 0.250. The van der Waals surface area contributed by atoms with Gasteiger partial charge in [0.05, 0.1) is 14.2 Å². The van der Waals surface area contributed by atoms with Crippen LogP contribution in [-0.2, 0) is 16.6 Å². The van der Waals surface area contributed by atoms with E-state index in [1.807, 2.05) is 0 Å². The number of methoxy groups -OCH3 is 2. The third kappa shape index (κ3) is 3.80. The summed E-state index contributed by atoms with van der Waals surface area (Å²) in [5.41, 5.74) is 0.784. The zero-order valence-corrected chi connectivity index (χ0v) is 13.9. The van der Waals surface area contributed by atoms with Crippen molar-refractivity contribution in [1.29, 1.82) is 0 Å². The van der Waals surface area contributed by atoms with E-state index in [0.29, 0.717) is 5.75 Å². The maximum absolute atomic E-state index is 13.4. The number of rotatable bonds is 6. The van der Waals surface area contributed by atoms with Crippen molar-refractivity contribution in [1.82, 2.24) is 4.31 Å². The third-order valence-electron chi connectivity index (χ3n) is 3.38. The largest absolute Gasteiger partial charge is 0.497 e. The molecule has 0 unspecified atom stereocenters. The molecule has 0 amide bonds. The Labute approximate surface area is 135 Å². The van der Waals surface area contributed by atoms with Crippen LogP contribution in [0.3, 0.4) is 0 Å². The number of nitrogens with zero attached hydrogens (tertiary/aromatic N) is 1. The molecule has 0 heterocycles. The molecule has 0 aliphatic rings. The van der Waals surface area contributed by atoms with Gasteiger partial charge in [0.15, 0.2) is 0 Å². The molecule has 124 valence electrons. The Balaban J connectivity index is 2.29. The number of benzene rings is 2. The molecular weight excluding hydrogens is 321 g/mol. The molecule has 0 bridgehead atoms. The van der Waals surface area contributed by atoms with Crippen molar-refractivity contribution in [2.45, 2.75) is 11.4 Å². The Morgan fingerprint density at radius 3 is 2.26 bits per heavy atom. The second kappa shape index (κ2) is 6.97. The summed E-state index contributed by atoms with van der Waals surface area (Å²) in [7, 11) is 0.454. The van der Waals surface area contributed by atoms with Gasteiger partial charge >= 0.3 is 0 Å². The Morgan fingerprint density at radius 2 is 1.70 bits per heavy atom. The summed E-state index contributed by atoms with van der Waals surface area (Å²) in [4.78, 5) is -0.198. The van der Waals surface area contributed by atoms with Crippen molar-refractivity contribution in [3.8, 4) is 11.5 Å². The monoisotopic (exact) mass is 339 g/mol. The minimum atomic E-state index is -3.88. The number of halogens is 1. The van der Waals surface area contributed by atoms with Gasteiger partial charge < -0.3 is 9.47 Å². The minimum Gasteiger partial charge on any atom is -0.497 e. The van der Waals surface area contributed by atoms with Crippen molar-refractivity contribution >= 4 is 10.0 Å². The standard InChI is InChI=1S/C16H18FNO4S/c1-18(11-12-4-7-14(21-2)8-5-12)23(19,20)16-10-13(17)6-9-15(16)22-3/h4-10H,11H2,1-3H3. The van der Waals surface area contributed by atoms with Gasteiger partial charge in [0.1, 0.15) is 22.2 Å². The number of sulfonamides is 1. The zero-order valence-electron chi connectivity index (χ0n) is 13.1. The highest BCUT2D eigenvalue weighted by molar-refractivity contribution is 7.89. The van der Waals surface area contributed by atoms with Gasteiger partial charge in [-0.3, -0.25) is 0 Å². The van der Waals surface area contributed by atoms with Gasteiger partial charge in [0.25, 0.3) is 0 Å². The first-order chi connectivity index (χ1) is 10.9. The van der Waals surface area contributed by atoms with Crippen LogP contribution in [0.2, 0.25) is 0 Å². The first kappa shape index (κ1) is 17.2. The van der Waals surface area contributed by atoms with E-state index >= 15 is 0 Å². The third-order valence-corrected chi connectivity index (χ3v) is 5.20. The Kier molecular flexibility index (Phi) is 5.23. The summed E-state index contributed by atoms with van der Waals surface area (Å²) >= 11 is 0. The molecule has 5 nitrogen and oxygen atoms in total. The molecule has 2 aromatic carbocycles. The van der Waals surface area contributed by atoms with E-state index in [-0.39, 0.29) is 17.2 Å². The van der Waals surface area contributed by atoms with E-state index in [2.05, 4.69) is 0 Å². The summed E-state index contributed by atoms with van der Waals surface area (Å²) in [5, 5.41) is 0. The van der Waals surface area contributed by atoms with Crippen molar-refractivity contribution < 1.29 is 22.3 Å². The minimum absolute atomic E-state index is 0.105. The molecule has 0 fully saturated rings. The normalized spacial score (nSPS) is 11.5. The molecule has 7 heteroatoms. The van der Waals surface area contributed by atoms with Crippen molar-refractivity contribution in [3.63, 3.8) is 0 Å². The van der Waals surface area contributed by atoms with Crippen LogP contribution in [-0.4, -0.2) is 34.0 Å². The van der Waals surface area contributed by atoms with Crippen LogP contribution in [0.5, 0.6) is 11.5 Å². The second-order valence-corrected chi connectivity index (χ2v) is 6.92. The molecule has 2 rings (SSSR count). The molecule has 0 atom stereocenters. The average Bonchev–Trinajstić information content (AvgIpc) is 2.55. The zero-order chi connectivity index (χ0) is 17.0. The molecule has 0 aromatic heterocycles. The van der Waals surface area contributed by atoms with Crippen LogP contribution in [0.1, 0.15) is 5.56 Å². The molecule has 23 heavy (non-hydrogen) atoms. The van der Waals surface area contributed by atoms with E-state index in [4.69, 9.17) is 9.47 Å². The van der Waals surface area contributed by atoms with Crippen LogP contribution in [0.25, 0.3) is 0 Å². The average molecular weight is 339 g/mol. The second-order valence-electron chi connectivity index (χ2n) is 4.90.